The van der Waals surface area contributed by atoms with Gasteiger partial charge in [0.05, 0.1) is 6.54 Å². The Bertz CT molecular complexity index is 636. The van der Waals surface area contributed by atoms with E-state index in [0.717, 1.165) is 15.9 Å². The van der Waals surface area contributed by atoms with Crippen molar-refractivity contribution >= 4 is 27.9 Å². The number of H-pyrrole nitrogens is 1. The molecule has 2 rings (SSSR count). The molecule has 1 N–H and O–H groups in total. The first-order valence-corrected chi connectivity index (χ1v) is 6.91. The van der Waals surface area contributed by atoms with E-state index >= 15 is 0 Å². The third-order valence-corrected chi connectivity index (χ3v) is 3.43. The minimum atomic E-state index is -0.0943. The first-order chi connectivity index (χ1) is 9.56. The van der Waals surface area contributed by atoms with Crippen LogP contribution in [0.25, 0.3) is 6.08 Å². The normalized spacial score (nSPS) is 10.9. The van der Waals surface area contributed by atoms with Crippen molar-refractivity contribution in [3.05, 3.63) is 52.0 Å². The maximum atomic E-state index is 12.0. The smallest absolute Gasteiger partial charge is 0.246 e. The van der Waals surface area contributed by atoms with Crippen molar-refractivity contribution in [1.29, 1.82) is 0 Å². The lowest BCUT2D eigenvalue weighted by molar-refractivity contribution is -0.125. The van der Waals surface area contributed by atoms with Crippen LogP contribution < -0.4 is 0 Å². The SMILES string of the molecule is Cc1nc(CN(C)C(=O)C=Cc2ccccc2Br)n[nH]1. The van der Waals surface area contributed by atoms with Crippen LogP contribution in [0.4, 0.5) is 0 Å². The zero-order chi connectivity index (χ0) is 14.5. The second-order valence-electron chi connectivity index (χ2n) is 4.39. The van der Waals surface area contributed by atoms with Crippen molar-refractivity contribution in [2.45, 2.75) is 13.5 Å². The number of aromatic nitrogens is 3. The first-order valence-electron chi connectivity index (χ1n) is 6.12. The van der Waals surface area contributed by atoms with Crippen LogP contribution in [0.3, 0.4) is 0 Å². The Hall–Kier alpha value is -1.95. The maximum absolute atomic E-state index is 12.0. The zero-order valence-corrected chi connectivity index (χ0v) is 12.9. The first kappa shape index (κ1) is 14.5. The van der Waals surface area contributed by atoms with Crippen LogP contribution in [-0.2, 0) is 11.3 Å². The van der Waals surface area contributed by atoms with Crippen LogP contribution in [0.1, 0.15) is 17.2 Å². The number of nitrogens with one attached hydrogen (secondary N) is 1. The van der Waals surface area contributed by atoms with Crippen molar-refractivity contribution in [2.75, 3.05) is 7.05 Å². The molecule has 20 heavy (non-hydrogen) atoms. The molecule has 0 radical (unpaired) electrons. The molecule has 0 fully saturated rings. The van der Waals surface area contributed by atoms with Gasteiger partial charge < -0.3 is 4.90 Å². The molecule has 0 saturated heterocycles. The molecule has 0 aliphatic rings. The monoisotopic (exact) mass is 334 g/mol. The van der Waals surface area contributed by atoms with Crippen LogP contribution in [0, 0.1) is 6.92 Å². The Morgan fingerprint density at radius 1 is 1.45 bits per heavy atom. The molecule has 104 valence electrons. The van der Waals surface area contributed by atoms with Gasteiger partial charge in [0.2, 0.25) is 5.91 Å². The van der Waals surface area contributed by atoms with Crippen molar-refractivity contribution in [3.63, 3.8) is 0 Å². The fourth-order valence-corrected chi connectivity index (χ4v) is 2.07. The lowest BCUT2D eigenvalue weighted by atomic mass is 10.2. The van der Waals surface area contributed by atoms with Crippen molar-refractivity contribution in [2.24, 2.45) is 0 Å². The Morgan fingerprint density at radius 3 is 2.85 bits per heavy atom. The van der Waals surface area contributed by atoms with E-state index in [9.17, 15) is 4.79 Å². The molecule has 5 nitrogen and oxygen atoms in total. The maximum Gasteiger partial charge on any atom is 0.246 e. The van der Waals surface area contributed by atoms with E-state index in [1.807, 2.05) is 31.2 Å². The lowest BCUT2D eigenvalue weighted by Gasteiger charge is -2.12. The molecule has 6 heteroatoms. The van der Waals surface area contributed by atoms with E-state index in [-0.39, 0.29) is 5.91 Å². The molecular formula is C14H15BrN4O. The van der Waals surface area contributed by atoms with Gasteiger partial charge in [-0.2, -0.15) is 5.10 Å². The van der Waals surface area contributed by atoms with Gasteiger partial charge in [-0.15, -0.1) is 0 Å². The van der Waals surface area contributed by atoms with Gasteiger partial charge in [-0.25, -0.2) is 4.98 Å². The summed E-state index contributed by atoms with van der Waals surface area (Å²) < 4.78 is 0.955. The largest absolute Gasteiger partial charge is 0.335 e. The van der Waals surface area contributed by atoms with E-state index in [2.05, 4.69) is 31.1 Å². The summed E-state index contributed by atoms with van der Waals surface area (Å²) in [5, 5.41) is 6.76. The highest BCUT2D eigenvalue weighted by Crippen LogP contribution is 2.17. The lowest BCUT2D eigenvalue weighted by Crippen LogP contribution is -2.24. The number of hydrogen-bond acceptors (Lipinski definition) is 3. The number of hydrogen-bond donors (Lipinski definition) is 1. The van der Waals surface area contributed by atoms with E-state index < -0.39 is 0 Å². The topological polar surface area (TPSA) is 61.9 Å². The Morgan fingerprint density at radius 2 is 2.20 bits per heavy atom. The highest BCUT2D eigenvalue weighted by molar-refractivity contribution is 9.10. The quantitative estimate of drug-likeness (QED) is 0.874. The van der Waals surface area contributed by atoms with Gasteiger partial charge in [0.1, 0.15) is 5.82 Å². The molecule has 0 aliphatic carbocycles. The van der Waals surface area contributed by atoms with Crippen LogP contribution in [0.15, 0.2) is 34.8 Å². The number of nitrogens with zero attached hydrogens (tertiary/aromatic N) is 3. The van der Waals surface area contributed by atoms with Gasteiger partial charge in [-0.1, -0.05) is 34.1 Å². The summed E-state index contributed by atoms with van der Waals surface area (Å²) in [6, 6.07) is 7.73. The van der Waals surface area contributed by atoms with Crippen molar-refractivity contribution < 1.29 is 4.79 Å². The van der Waals surface area contributed by atoms with Crippen LogP contribution >= 0.6 is 15.9 Å². The fraction of sp³-hybridized carbons (Fsp3) is 0.214. The zero-order valence-electron chi connectivity index (χ0n) is 11.3. The molecule has 0 unspecified atom stereocenters. The minimum Gasteiger partial charge on any atom is -0.335 e. The van der Waals surface area contributed by atoms with Gasteiger partial charge in [0.25, 0.3) is 0 Å². The number of carbonyl (C=O) groups excluding carboxylic acids is 1. The number of carbonyl (C=O) groups is 1. The van der Waals surface area contributed by atoms with Crippen LogP contribution in [0.5, 0.6) is 0 Å². The number of amides is 1. The third-order valence-electron chi connectivity index (χ3n) is 2.71. The number of rotatable bonds is 4. The molecule has 1 heterocycles. The molecular weight excluding hydrogens is 320 g/mol. The third kappa shape index (κ3) is 3.77. The number of likely N-dealkylation sites (N-methyl/N-ethyl adjacent to an activating group) is 1. The molecule has 1 aromatic heterocycles. The Balaban J connectivity index is 1.99. The fourth-order valence-electron chi connectivity index (χ4n) is 1.65. The predicted octanol–water partition coefficient (Wildman–Crippen LogP) is 2.55. The highest BCUT2D eigenvalue weighted by Gasteiger charge is 2.09. The molecule has 1 aromatic carbocycles. The molecule has 1 amide bonds. The second-order valence-corrected chi connectivity index (χ2v) is 5.24. The molecule has 0 bridgehead atoms. The highest BCUT2D eigenvalue weighted by atomic mass is 79.9. The Kier molecular flexibility index (Phi) is 4.68. The van der Waals surface area contributed by atoms with Crippen molar-refractivity contribution in [3.8, 4) is 0 Å². The number of aryl methyl sites for hydroxylation is 1. The summed E-state index contributed by atoms with van der Waals surface area (Å²) in [6.45, 7) is 2.20. The van der Waals surface area contributed by atoms with Gasteiger partial charge in [0.15, 0.2) is 5.82 Å². The predicted molar refractivity (Wildman–Crippen MR) is 80.8 cm³/mol. The van der Waals surface area contributed by atoms with E-state index in [1.165, 1.54) is 0 Å². The Labute approximate surface area is 125 Å². The van der Waals surface area contributed by atoms with Crippen LogP contribution in [0.2, 0.25) is 0 Å². The van der Waals surface area contributed by atoms with Crippen molar-refractivity contribution in [1.82, 2.24) is 20.1 Å². The number of halogens is 1. The summed E-state index contributed by atoms with van der Waals surface area (Å²) in [4.78, 5) is 17.7. The number of benzene rings is 1. The average Bonchev–Trinajstić information content (AvgIpc) is 2.82. The van der Waals surface area contributed by atoms with E-state index in [1.54, 1.807) is 24.1 Å². The summed E-state index contributed by atoms with van der Waals surface area (Å²) in [7, 11) is 1.72. The molecule has 2 aromatic rings. The van der Waals surface area contributed by atoms with Gasteiger partial charge in [-0.05, 0) is 24.6 Å². The second kappa shape index (κ2) is 6.47. The molecule has 0 saturated carbocycles. The molecule has 0 atom stereocenters. The average molecular weight is 335 g/mol. The summed E-state index contributed by atoms with van der Waals surface area (Å²) in [5.41, 5.74) is 0.961. The molecule has 0 aliphatic heterocycles. The van der Waals surface area contributed by atoms with Crippen LogP contribution in [-0.4, -0.2) is 33.0 Å². The minimum absolute atomic E-state index is 0.0943. The summed E-state index contributed by atoms with van der Waals surface area (Å²) in [5.74, 6) is 1.25. The summed E-state index contributed by atoms with van der Waals surface area (Å²) in [6.07, 6.45) is 3.33. The van der Waals surface area contributed by atoms with Gasteiger partial charge >= 0.3 is 0 Å². The van der Waals surface area contributed by atoms with E-state index in [4.69, 9.17) is 0 Å². The van der Waals surface area contributed by atoms with Gasteiger partial charge in [0, 0.05) is 17.6 Å². The summed E-state index contributed by atoms with van der Waals surface area (Å²) >= 11 is 3.44. The molecule has 0 spiro atoms. The van der Waals surface area contributed by atoms with E-state index in [0.29, 0.717) is 12.4 Å². The standard InChI is InChI=1S/C14H15BrN4O/c1-10-16-13(18-17-10)9-19(2)14(20)8-7-11-5-3-4-6-12(11)15/h3-8H,9H2,1-2H3,(H,16,17,18). The number of aromatic amines is 1. The van der Waals surface area contributed by atoms with Gasteiger partial charge in [-0.3, -0.25) is 9.89 Å².